The summed E-state index contributed by atoms with van der Waals surface area (Å²) in [6.45, 7) is 4.30. The number of rotatable bonds is 5. The summed E-state index contributed by atoms with van der Waals surface area (Å²) in [5.41, 5.74) is 1.16. The number of halogens is 3. The number of aliphatic hydroxyl groups excluding tert-OH is 1. The Labute approximate surface area is 153 Å². The fraction of sp³-hybridized carbons (Fsp3) is 0.333. The third-order valence-corrected chi connectivity index (χ3v) is 3.95. The molecule has 1 aromatic heterocycles. The first-order chi connectivity index (χ1) is 12.5. The van der Waals surface area contributed by atoms with E-state index in [0.717, 1.165) is 24.3 Å². The van der Waals surface area contributed by atoms with E-state index in [1.54, 1.807) is 20.8 Å². The fourth-order valence-corrected chi connectivity index (χ4v) is 2.74. The summed E-state index contributed by atoms with van der Waals surface area (Å²) >= 11 is 0. The zero-order valence-electron chi connectivity index (χ0n) is 14.9. The number of ether oxygens (including phenoxy) is 1. The maximum absolute atomic E-state index is 12.5. The van der Waals surface area contributed by atoms with Crippen molar-refractivity contribution in [3.05, 3.63) is 52.3 Å². The fourth-order valence-electron chi connectivity index (χ4n) is 2.74. The number of alkyl halides is 3. The van der Waals surface area contributed by atoms with Crippen LogP contribution in [0.5, 0.6) is 0 Å². The Morgan fingerprint density at radius 1 is 1.22 bits per heavy atom. The first-order valence-corrected chi connectivity index (χ1v) is 8.02. The lowest BCUT2D eigenvalue weighted by atomic mass is 10.1. The van der Waals surface area contributed by atoms with Crippen LogP contribution in [-0.2, 0) is 15.7 Å². The molecule has 0 spiro atoms. The number of amides is 1. The quantitative estimate of drug-likeness (QED) is 0.688. The van der Waals surface area contributed by atoms with E-state index in [1.807, 2.05) is 0 Å². The average molecular weight is 384 g/mol. The highest BCUT2D eigenvalue weighted by atomic mass is 19.4. The van der Waals surface area contributed by atoms with Gasteiger partial charge in [0, 0.05) is 16.9 Å². The van der Waals surface area contributed by atoms with Crippen LogP contribution in [0.4, 0.5) is 18.9 Å². The molecule has 1 heterocycles. The molecule has 0 aliphatic heterocycles. The molecule has 6 nitrogen and oxygen atoms in total. The normalized spacial score (nSPS) is 12.6. The Morgan fingerprint density at radius 2 is 1.81 bits per heavy atom. The van der Waals surface area contributed by atoms with Crippen LogP contribution < -0.4 is 5.32 Å². The lowest BCUT2D eigenvalue weighted by Crippen LogP contribution is -2.21. The molecule has 0 fully saturated rings. The molecular formula is C18H19F3N2O4. The molecule has 0 saturated heterocycles. The molecule has 0 radical (unpaired) electrons. The van der Waals surface area contributed by atoms with Gasteiger partial charge in [-0.2, -0.15) is 13.2 Å². The molecule has 0 aliphatic rings. The van der Waals surface area contributed by atoms with Gasteiger partial charge in [-0.25, -0.2) is 4.79 Å². The summed E-state index contributed by atoms with van der Waals surface area (Å²) in [5, 5.41) is 12.1. The smallest absolute Gasteiger partial charge is 0.416 e. The Hall–Kier alpha value is -2.81. The summed E-state index contributed by atoms with van der Waals surface area (Å²) in [7, 11) is 0. The number of esters is 1. The molecule has 2 rings (SSSR count). The zero-order valence-corrected chi connectivity index (χ0v) is 14.9. The highest BCUT2D eigenvalue weighted by molar-refractivity contribution is 5.95. The third kappa shape index (κ3) is 4.88. The lowest BCUT2D eigenvalue weighted by Gasteiger charge is -2.09. The number of carbonyl (C=O) groups is 2. The van der Waals surface area contributed by atoms with Crippen molar-refractivity contribution < 1.29 is 32.6 Å². The first-order valence-electron chi connectivity index (χ1n) is 8.02. The van der Waals surface area contributed by atoms with E-state index in [2.05, 4.69) is 10.3 Å². The maximum Gasteiger partial charge on any atom is 0.416 e. The monoisotopic (exact) mass is 384 g/mol. The van der Waals surface area contributed by atoms with Crippen molar-refractivity contribution in [1.82, 2.24) is 4.98 Å². The molecule has 0 bridgehead atoms. The molecule has 1 aromatic carbocycles. The largest absolute Gasteiger partial charge is 0.451 e. The second-order valence-electron chi connectivity index (χ2n) is 6.04. The summed E-state index contributed by atoms with van der Waals surface area (Å²) in [6, 6.07) is 3.89. The SMILES string of the molecule is Cc1[nH]c(C(=O)OCC(=O)Nc2ccc(C(F)(F)F)cc2)c(C)c1[C@@H](C)O. The molecule has 2 aromatic rings. The summed E-state index contributed by atoms with van der Waals surface area (Å²) in [4.78, 5) is 26.8. The number of carbonyl (C=O) groups excluding carboxylic acids is 2. The van der Waals surface area contributed by atoms with E-state index in [9.17, 15) is 27.9 Å². The number of aromatic amines is 1. The minimum Gasteiger partial charge on any atom is -0.451 e. The minimum absolute atomic E-state index is 0.130. The highest BCUT2D eigenvalue weighted by Gasteiger charge is 2.30. The van der Waals surface area contributed by atoms with Gasteiger partial charge in [-0.15, -0.1) is 0 Å². The Balaban J connectivity index is 1.96. The number of hydrogen-bond acceptors (Lipinski definition) is 4. The Bertz CT molecular complexity index is 840. The van der Waals surface area contributed by atoms with E-state index in [4.69, 9.17) is 4.74 Å². The van der Waals surface area contributed by atoms with Gasteiger partial charge >= 0.3 is 12.1 Å². The molecule has 1 amide bonds. The topological polar surface area (TPSA) is 91.4 Å². The lowest BCUT2D eigenvalue weighted by molar-refractivity contribution is -0.137. The van der Waals surface area contributed by atoms with Crippen molar-refractivity contribution in [3.63, 3.8) is 0 Å². The van der Waals surface area contributed by atoms with Crippen LogP contribution in [0.25, 0.3) is 0 Å². The molecule has 1 atom stereocenters. The van der Waals surface area contributed by atoms with Crippen LogP contribution in [0.1, 0.15) is 45.9 Å². The Morgan fingerprint density at radius 3 is 2.30 bits per heavy atom. The van der Waals surface area contributed by atoms with Crippen LogP contribution in [0, 0.1) is 13.8 Å². The molecule has 27 heavy (non-hydrogen) atoms. The van der Waals surface area contributed by atoms with Gasteiger partial charge in [-0.3, -0.25) is 4.79 Å². The number of H-pyrrole nitrogens is 1. The van der Waals surface area contributed by atoms with Crippen LogP contribution >= 0.6 is 0 Å². The van der Waals surface area contributed by atoms with Crippen molar-refractivity contribution in [2.45, 2.75) is 33.1 Å². The average Bonchev–Trinajstić information content (AvgIpc) is 2.87. The van der Waals surface area contributed by atoms with E-state index in [0.29, 0.717) is 16.8 Å². The van der Waals surface area contributed by atoms with E-state index in [-0.39, 0.29) is 11.4 Å². The van der Waals surface area contributed by atoms with Crippen molar-refractivity contribution >= 4 is 17.6 Å². The standard InChI is InChI=1S/C18H19F3N2O4/c1-9-15(11(3)24)10(2)22-16(9)17(26)27-8-14(25)23-13-6-4-12(5-7-13)18(19,20)21/h4-7,11,22,24H,8H2,1-3H3,(H,23,25)/t11-/m1/s1. The number of nitrogens with one attached hydrogen (secondary N) is 2. The maximum atomic E-state index is 12.5. The molecule has 0 saturated carbocycles. The predicted octanol–water partition coefficient (Wildman–Crippen LogP) is 3.50. The van der Waals surface area contributed by atoms with Gasteiger partial charge in [0.05, 0.1) is 11.7 Å². The number of anilines is 1. The number of benzene rings is 1. The van der Waals surface area contributed by atoms with E-state index >= 15 is 0 Å². The zero-order chi connectivity index (χ0) is 20.4. The molecular weight excluding hydrogens is 365 g/mol. The van der Waals surface area contributed by atoms with Crippen LogP contribution in [0.2, 0.25) is 0 Å². The van der Waals surface area contributed by atoms with Crippen molar-refractivity contribution in [3.8, 4) is 0 Å². The van der Waals surface area contributed by atoms with Crippen LogP contribution in [-0.4, -0.2) is 28.6 Å². The molecule has 9 heteroatoms. The summed E-state index contributed by atoms with van der Waals surface area (Å²) in [6.07, 6.45) is -5.24. The van der Waals surface area contributed by atoms with Gasteiger partial charge in [0.2, 0.25) is 0 Å². The van der Waals surface area contributed by atoms with Crippen LogP contribution in [0.3, 0.4) is 0 Å². The first kappa shape index (κ1) is 20.5. The summed E-state index contributed by atoms with van der Waals surface area (Å²) in [5.74, 6) is -1.47. The van der Waals surface area contributed by atoms with Gasteiger partial charge in [0.25, 0.3) is 5.91 Å². The predicted molar refractivity (Wildman–Crippen MR) is 91.3 cm³/mol. The highest BCUT2D eigenvalue weighted by Crippen LogP contribution is 2.29. The molecule has 146 valence electrons. The van der Waals surface area contributed by atoms with Crippen LogP contribution in [0.15, 0.2) is 24.3 Å². The van der Waals surface area contributed by atoms with Crippen molar-refractivity contribution in [1.29, 1.82) is 0 Å². The second-order valence-corrected chi connectivity index (χ2v) is 6.04. The molecule has 0 unspecified atom stereocenters. The molecule has 0 aliphatic carbocycles. The van der Waals surface area contributed by atoms with E-state index < -0.39 is 36.3 Å². The van der Waals surface area contributed by atoms with Gasteiger partial charge in [-0.1, -0.05) is 0 Å². The summed E-state index contributed by atoms with van der Waals surface area (Å²) < 4.78 is 42.4. The molecule has 3 N–H and O–H groups in total. The van der Waals surface area contributed by atoms with Crippen molar-refractivity contribution in [2.75, 3.05) is 11.9 Å². The number of aromatic nitrogens is 1. The number of aliphatic hydroxyl groups is 1. The van der Waals surface area contributed by atoms with Gasteiger partial charge in [0.1, 0.15) is 5.69 Å². The number of hydrogen-bond donors (Lipinski definition) is 3. The van der Waals surface area contributed by atoms with Crippen molar-refractivity contribution in [2.24, 2.45) is 0 Å². The number of aryl methyl sites for hydroxylation is 1. The van der Waals surface area contributed by atoms with E-state index in [1.165, 1.54) is 0 Å². The Kier molecular flexibility index (Phi) is 5.94. The van der Waals surface area contributed by atoms with Gasteiger partial charge in [0.15, 0.2) is 6.61 Å². The van der Waals surface area contributed by atoms with Gasteiger partial charge < -0.3 is 20.1 Å². The third-order valence-electron chi connectivity index (χ3n) is 3.95. The second kappa shape index (κ2) is 7.83. The minimum atomic E-state index is -4.46. The van der Waals surface area contributed by atoms with Gasteiger partial charge in [-0.05, 0) is 50.6 Å².